The van der Waals surface area contributed by atoms with Crippen LogP contribution in [0, 0.1) is 6.92 Å². The van der Waals surface area contributed by atoms with E-state index in [4.69, 9.17) is 9.47 Å². The number of nitrogens with zero attached hydrogens (tertiary/aromatic N) is 1. The Balaban J connectivity index is 1.65. The fraction of sp³-hybridized carbons (Fsp3) is 0.467. The van der Waals surface area contributed by atoms with E-state index in [1.54, 1.807) is 0 Å². The minimum Gasteiger partial charge on any atom is -0.490 e. The molecule has 0 bridgehead atoms. The van der Waals surface area contributed by atoms with Gasteiger partial charge in [-0.2, -0.15) is 0 Å². The highest BCUT2D eigenvalue weighted by Crippen LogP contribution is 2.11. The van der Waals surface area contributed by atoms with Crippen LogP contribution < -0.4 is 4.74 Å². The first kappa shape index (κ1) is 13.1. The summed E-state index contributed by atoms with van der Waals surface area (Å²) in [5.41, 5.74) is 1.23. The predicted octanol–water partition coefficient (Wildman–Crippen LogP) is 2.26. The fourth-order valence-electron chi connectivity index (χ4n) is 1.92. The van der Waals surface area contributed by atoms with Crippen LogP contribution in [0.2, 0.25) is 0 Å². The van der Waals surface area contributed by atoms with Crippen LogP contribution >= 0.6 is 0 Å². The van der Waals surface area contributed by atoms with E-state index in [1.165, 1.54) is 5.56 Å². The first-order chi connectivity index (χ1) is 8.84. The van der Waals surface area contributed by atoms with Crippen molar-refractivity contribution in [2.24, 2.45) is 0 Å². The fourth-order valence-corrected chi connectivity index (χ4v) is 1.92. The molecule has 18 heavy (non-hydrogen) atoms. The summed E-state index contributed by atoms with van der Waals surface area (Å²) >= 11 is 0. The molecular formula is C15H21NO2. The molecule has 0 amide bonds. The molecule has 1 heterocycles. The third-order valence-corrected chi connectivity index (χ3v) is 2.97. The predicted molar refractivity (Wildman–Crippen MR) is 73.1 cm³/mol. The van der Waals surface area contributed by atoms with Crippen molar-refractivity contribution in [1.82, 2.24) is 4.90 Å². The van der Waals surface area contributed by atoms with E-state index in [2.05, 4.69) is 36.1 Å². The van der Waals surface area contributed by atoms with E-state index in [-0.39, 0.29) is 0 Å². The molecule has 1 aromatic rings. The van der Waals surface area contributed by atoms with Gasteiger partial charge in [0.2, 0.25) is 0 Å². The van der Waals surface area contributed by atoms with Crippen molar-refractivity contribution in [2.75, 3.05) is 39.5 Å². The smallest absolute Gasteiger partial charge is 0.120 e. The van der Waals surface area contributed by atoms with Crippen molar-refractivity contribution in [1.29, 1.82) is 0 Å². The molecule has 1 aromatic carbocycles. The number of rotatable bonds is 5. The van der Waals surface area contributed by atoms with Crippen molar-refractivity contribution >= 4 is 0 Å². The Morgan fingerprint density at radius 3 is 2.89 bits per heavy atom. The van der Waals surface area contributed by atoms with E-state index < -0.39 is 0 Å². The van der Waals surface area contributed by atoms with Crippen molar-refractivity contribution in [3.05, 3.63) is 42.0 Å². The van der Waals surface area contributed by atoms with Crippen molar-refractivity contribution in [2.45, 2.75) is 6.92 Å². The summed E-state index contributed by atoms with van der Waals surface area (Å²) in [6.45, 7) is 7.46. The summed E-state index contributed by atoms with van der Waals surface area (Å²) in [7, 11) is 0. The Morgan fingerprint density at radius 2 is 2.11 bits per heavy atom. The van der Waals surface area contributed by atoms with Crippen LogP contribution in [0.15, 0.2) is 36.4 Å². The normalized spacial score (nSPS) is 17.2. The zero-order chi connectivity index (χ0) is 12.6. The van der Waals surface area contributed by atoms with Crippen LogP contribution in [0.3, 0.4) is 0 Å². The monoisotopic (exact) mass is 247 g/mol. The van der Waals surface area contributed by atoms with Crippen molar-refractivity contribution < 1.29 is 9.47 Å². The summed E-state index contributed by atoms with van der Waals surface area (Å²) in [5, 5.41) is 0. The van der Waals surface area contributed by atoms with Crippen LogP contribution in [0.25, 0.3) is 0 Å². The average Bonchev–Trinajstić information content (AvgIpc) is 2.40. The van der Waals surface area contributed by atoms with Gasteiger partial charge >= 0.3 is 0 Å². The Kier molecular flexibility index (Phi) is 5.24. The highest BCUT2D eigenvalue weighted by Gasteiger charge is 2.07. The quantitative estimate of drug-likeness (QED) is 0.745. The number of aryl methyl sites for hydroxylation is 1. The topological polar surface area (TPSA) is 21.7 Å². The average molecular weight is 247 g/mol. The Bertz CT molecular complexity index is 384. The largest absolute Gasteiger partial charge is 0.490 e. The first-order valence-corrected chi connectivity index (χ1v) is 6.49. The maximum atomic E-state index is 5.65. The molecule has 3 nitrogen and oxygen atoms in total. The number of hydrogen-bond acceptors (Lipinski definition) is 3. The summed E-state index contributed by atoms with van der Waals surface area (Å²) in [6.07, 6.45) is 4.25. The molecule has 3 heteroatoms. The third kappa shape index (κ3) is 4.51. The maximum Gasteiger partial charge on any atom is 0.120 e. The molecule has 1 aliphatic rings. The number of morpholine rings is 1. The van der Waals surface area contributed by atoms with E-state index in [9.17, 15) is 0 Å². The lowest BCUT2D eigenvalue weighted by atomic mass is 10.2. The molecule has 1 fully saturated rings. The molecule has 2 rings (SSSR count). The van der Waals surface area contributed by atoms with Gasteiger partial charge in [-0.05, 0) is 24.6 Å². The van der Waals surface area contributed by atoms with Gasteiger partial charge in [-0.25, -0.2) is 0 Å². The van der Waals surface area contributed by atoms with Gasteiger partial charge in [-0.3, -0.25) is 4.90 Å². The van der Waals surface area contributed by atoms with Crippen LogP contribution in [0.4, 0.5) is 0 Å². The lowest BCUT2D eigenvalue weighted by Crippen LogP contribution is -2.36. The van der Waals surface area contributed by atoms with Gasteiger partial charge in [0.1, 0.15) is 12.4 Å². The van der Waals surface area contributed by atoms with Gasteiger partial charge in [-0.15, -0.1) is 0 Å². The van der Waals surface area contributed by atoms with Gasteiger partial charge in [0, 0.05) is 19.6 Å². The second kappa shape index (κ2) is 7.19. The Morgan fingerprint density at radius 1 is 1.28 bits per heavy atom. The summed E-state index contributed by atoms with van der Waals surface area (Å²) in [4.78, 5) is 2.38. The standard InChI is InChI=1S/C15H21NO2/c1-14-5-4-6-15(13-14)18-10-3-2-7-16-8-11-17-12-9-16/h2-6,13H,7-12H2,1H3. The zero-order valence-corrected chi connectivity index (χ0v) is 11.0. The van der Waals surface area contributed by atoms with Crippen molar-refractivity contribution in [3.63, 3.8) is 0 Å². The summed E-state index contributed by atoms with van der Waals surface area (Å²) in [5.74, 6) is 0.936. The highest BCUT2D eigenvalue weighted by atomic mass is 16.5. The minimum atomic E-state index is 0.633. The molecule has 0 spiro atoms. The van der Waals surface area contributed by atoms with Gasteiger partial charge in [0.25, 0.3) is 0 Å². The van der Waals surface area contributed by atoms with E-state index in [1.807, 2.05) is 12.1 Å². The molecule has 0 unspecified atom stereocenters. The molecule has 0 saturated carbocycles. The van der Waals surface area contributed by atoms with Crippen LogP contribution in [0.5, 0.6) is 5.75 Å². The SMILES string of the molecule is Cc1cccc(OCC=CCN2CCOCC2)c1. The zero-order valence-electron chi connectivity index (χ0n) is 11.0. The summed E-state index contributed by atoms with van der Waals surface area (Å²) in [6, 6.07) is 8.13. The molecule has 98 valence electrons. The molecule has 0 radical (unpaired) electrons. The molecule has 1 aliphatic heterocycles. The molecular weight excluding hydrogens is 226 g/mol. The molecule has 0 N–H and O–H groups in total. The van der Waals surface area contributed by atoms with Crippen LogP contribution in [0.1, 0.15) is 5.56 Å². The molecule has 0 atom stereocenters. The molecule has 0 aromatic heterocycles. The van der Waals surface area contributed by atoms with E-state index >= 15 is 0 Å². The Hall–Kier alpha value is -1.32. The number of ether oxygens (including phenoxy) is 2. The molecule has 1 saturated heterocycles. The second-order valence-electron chi connectivity index (χ2n) is 4.51. The third-order valence-electron chi connectivity index (χ3n) is 2.97. The van der Waals surface area contributed by atoms with E-state index in [0.29, 0.717) is 6.61 Å². The van der Waals surface area contributed by atoms with Crippen molar-refractivity contribution in [3.8, 4) is 5.75 Å². The molecule has 0 aliphatic carbocycles. The van der Waals surface area contributed by atoms with Crippen LogP contribution in [-0.2, 0) is 4.74 Å². The van der Waals surface area contributed by atoms with Gasteiger partial charge in [0.15, 0.2) is 0 Å². The maximum absolute atomic E-state index is 5.65. The lowest BCUT2D eigenvalue weighted by Gasteiger charge is -2.25. The van der Waals surface area contributed by atoms with E-state index in [0.717, 1.165) is 38.6 Å². The van der Waals surface area contributed by atoms with Gasteiger partial charge in [0.05, 0.1) is 13.2 Å². The number of hydrogen-bond donors (Lipinski definition) is 0. The highest BCUT2D eigenvalue weighted by molar-refractivity contribution is 5.27. The number of benzene rings is 1. The van der Waals surface area contributed by atoms with Gasteiger partial charge in [-0.1, -0.05) is 24.3 Å². The first-order valence-electron chi connectivity index (χ1n) is 6.49. The second-order valence-corrected chi connectivity index (χ2v) is 4.51. The summed E-state index contributed by atoms with van der Waals surface area (Å²) < 4.78 is 11.0. The lowest BCUT2D eigenvalue weighted by molar-refractivity contribution is 0.0434. The minimum absolute atomic E-state index is 0.633. The van der Waals surface area contributed by atoms with Gasteiger partial charge < -0.3 is 9.47 Å². The Labute approximate surface area is 109 Å². The van der Waals surface area contributed by atoms with Crippen LogP contribution in [-0.4, -0.2) is 44.4 Å².